The van der Waals surface area contributed by atoms with Crippen molar-refractivity contribution in [2.24, 2.45) is 0 Å². The normalized spacial score (nSPS) is 25.2. The number of nitrogens with one attached hydrogen (secondary N) is 1. The summed E-state index contributed by atoms with van der Waals surface area (Å²) in [6, 6.07) is -1.45. The molecule has 1 aliphatic rings. The fourth-order valence-electron chi connectivity index (χ4n) is 2.71. The highest BCUT2D eigenvalue weighted by Gasteiger charge is 2.52. The van der Waals surface area contributed by atoms with E-state index in [2.05, 4.69) is 9.50 Å². The van der Waals surface area contributed by atoms with E-state index in [0.717, 1.165) is 34.0 Å². The molecule has 0 aliphatic carbocycles. The van der Waals surface area contributed by atoms with Crippen LogP contribution < -0.4 is 5.32 Å². The number of amides is 1. The van der Waals surface area contributed by atoms with Gasteiger partial charge in [0.25, 0.3) is 10.1 Å². The van der Waals surface area contributed by atoms with Gasteiger partial charge in [-0.2, -0.15) is 8.42 Å². The molecule has 0 radical (unpaired) electrons. The zero-order valence-electron chi connectivity index (χ0n) is 18.0. The van der Waals surface area contributed by atoms with Crippen molar-refractivity contribution in [3.63, 3.8) is 0 Å². The first-order chi connectivity index (χ1) is 14.7. The average Bonchev–Trinajstić information content (AvgIpc) is 2.61. The van der Waals surface area contributed by atoms with Gasteiger partial charge in [0, 0.05) is 27.7 Å². The van der Waals surface area contributed by atoms with Crippen LogP contribution in [-0.2, 0) is 62.0 Å². The van der Waals surface area contributed by atoms with E-state index in [-0.39, 0.29) is 0 Å². The van der Waals surface area contributed by atoms with E-state index in [1.807, 2.05) is 0 Å². The number of carbonyl (C=O) groups excluding carboxylic acids is 5. The molecule has 2 unspecified atom stereocenters. The van der Waals surface area contributed by atoms with Crippen LogP contribution in [0.4, 0.5) is 0 Å². The van der Waals surface area contributed by atoms with Gasteiger partial charge in [-0.25, -0.2) is 0 Å². The van der Waals surface area contributed by atoms with E-state index in [0.29, 0.717) is 0 Å². The maximum atomic E-state index is 12.2. The standard InChI is InChI=1S/C17H25NO13S/c1-8(19)26-6-12-15(28-9(2)20)16(29-10(3)21)14(17(31-12)30-11(4)22)18-13(23)7-27-32(5,24)25/h12,14-17H,6-7H2,1-5H3,(H,18,23)/t12?,14-,15-,16?,17-/m1/s1. The van der Waals surface area contributed by atoms with Crippen molar-refractivity contribution in [1.82, 2.24) is 5.32 Å². The van der Waals surface area contributed by atoms with Crippen LogP contribution in [0.5, 0.6) is 0 Å². The monoisotopic (exact) mass is 483 g/mol. The second-order valence-corrected chi connectivity index (χ2v) is 8.31. The highest BCUT2D eigenvalue weighted by Crippen LogP contribution is 2.28. The summed E-state index contributed by atoms with van der Waals surface area (Å²) >= 11 is 0. The third-order valence-corrected chi connectivity index (χ3v) is 4.26. The Bertz CT molecular complexity index is 839. The van der Waals surface area contributed by atoms with Gasteiger partial charge in [0.1, 0.15) is 25.4 Å². The molecule has 182 valence electrons. The van der Waals surface area contributed by atoms with Crippen molar-refractivity contribution in [2.45, 2.75) is 58.3 Å². The Kier molecular flexibility index (Phi) is 9.99. The van der Waals surface area contributed by atoms with Crippen LogP contribution in [0, 0.1) is 0 Å². The van der Waals surface area contributed by atoms with Crippen molar-refractivity contribution < 1.29 is 60.3 Å². The van der Waals surface area contributed by atoms with Crippen LogP contribution in [0.1, 0.15) is 27.7 Å². The van der Waals surface area contributed by atoms with Crippen LogP contribution in [0.3, 0.4) is 0 Å². The second-order valence-electron chi connectivity index (χ2n) is 6.66. The van der Waals surface area contributed by atoms with Gasteiger partial charge < -0.3 is 29.0 Å². The Morgan fingerprint density at radius 1 is 0.844 bits per heavy atom. The minimum Gasteiger partial charge on any atom is -0.463 e. The summed E-state index contributed by atoms with van der Waals surface area (Å²) < 4.78 is 52.5. The summed E-state index contributed by atoms with van der Waals surface area (Å²) in [5.74, 6) is -4.22. The molecule has 1 amide bonds. The molecule has 0 bridgehead atoms. The number of esters is 4. The van der Waals surface area contributed by atoms with Gasteiger partial charge in [-0.1, -0.05) is 0 Å². The molecule has 1 N–H and O–H groups in total. The van der Waals surface area contributed by atoms with E-state index >= 15 is 0 Å². The lowest BCUT2D eigenvalue weighted by molar-refractivity contribution is -0.271. The van der Waals surface area contributed by atoms with Crippen molar-refractivity contribution in [1.29, 1.82) is 0 Å². The van der Waals surface area contributed by atoms with E-state index < -0.39 is 83.8 Å². The summed E-state index contributed by atoms with van der Waals surface area (Å²) in [6.45, 7) is 2.83. The zero-order chi connectivity index (χ0) is 24.6. The highest BCUT2D eigenvalue weighted by atomic mass is 32.2. The van der Waals surface area contributed by atoms with E-state index in [9.17, 15) is 32.4 Å². The number of rotatable bonds is 9. The van der Waals surface area contributed by atoms with E-state index in [1.54, 1.807) is 0 Å². The molecule has 1 aliphatic heterocycles. The minimum absolute atomic E-state index is 0.472. The van der Waals surface area contributed by atoms with Crippen LogP contribution in [-0.4, -0.2) is 88.3 Å². The Morgan fingerprint density at radius 3 is 1.84 bits per heavy atom. The van der Waals surface area contributed by atoms with Gasteiger partial charge in [-0.05, 0) is 0 Å². The van der Waals surface area contributed by atoms with Gasteiger partial charge in [0.15, 0.2) is 12.2 Å². The van der Waals surface area contributed by atoms with Crippen LogP contribution in [0.25, 0.3) is 0 Å². The van der Waals surface area contributed by atoms with E-state index in [1.165, 1.54) is 0 Å². The predicted molar refractivity (Wildman–Crippen MR) is 101 cm³/mol. The Balaban J connectivity index is 3.31. The first-order valence-corrected chi connectivity index (χ1v) is 11.0. The molecule has 1 rings (SSSR count). The topological polar surface area (TPSA) is 187 Å². The molecule has 14 nitrogen and oxygen atoms in total. The van der Waals surface area contributed by atoms with Crippen LogP contribution >= 0.6 is 0 Å². The summed E-state index contributed by atoms with van der Waals surface area (Å²) in [5.41, 5.74) is 0. The van der Waals surface area contributed by atoms with Gasteiger partial charge >= 0.3 is 23.9 Å². The third kappa shape index (κ3) is 9.57. The SMILES string of the molecule is CC(=O)OCC1O[C@@H](OC(C)=O)[C@H](NC(=O)COS(C)(=O)=O)C(OC(C)=O)[C@@H]1OC(C)=O. The maximum Gasteiger partial charge on any atom is 0.305 e. The van der Waals surface area contributed by atoms with Gasteiger partial charge in [-0.3, -0.25) is 28.2 Å². The summed E-state index contributed by atoms with van der Waals surface area (Å²) in [6.07, 6.45) is -4.99. The number of ether oxygens (including phenoxy) is 5. The molecule has 0 saturated carbocycles. The molecule has 5 atom stereocenters. The lowest BCUT2D eigenvalue weighted by atomic mass is 9.96. The first-order valence-electron chi connectivity index (χ1n) is 9.14. The van der Waals surface area contributed by atoms with Crippen molar-refractivity contribution in [2.75, 3.05) is 19.5 Å². The lowest BCUT2D eigenvalue weighted by Crippen LogP contribution is -2.67. The van der Waals surface area contributed by atoms with Crippen LogP contribution in [0.2, 0.25) is 0 Å². The molecule has 0 aromatic heterocycles. The number of hydrogen-bond acceptors (Lipinski definition) is 13. The fourth-order valence-corrected chi connectivity index (χ4v) is 3.03. The zero-order valence-corrected chi connectivity index (χ0v) is 18.8. The molecular formula is C17H25NO13S. The molecular weight excluding hydrogens is 458 g/mol. The van der Waals surface area contributed by atoms with E-state index in [4.69, 9.17) is 23.7 Å². The van der Waals surface area contributed by atoms with Crippen molar-refractivity contribution >= 4 is 39.9 Å². The Morgan fingerprint density at radius 2 is 1.38 bits per heavy atom. The largest absolute Gasteiger partial charge is 0.463 e. The number of carbonyl (C=O) groups is 5. The molecule has 1 heterocycles. The summed E-state index contributed by atoms with van der Waals surface area (Å²) in [7, 11) is -3.96. The molecule has 15 heteroatoms. The molecule has 0 spiro atoms. The number of hydrogen-bond donors (Lipinski definition) is 1. The molecule has 1 fully saturated rings. The van der Waals surface area contributed by atoms with Crippen molar-refractivity contribution in [3.05, 3.63) is 0 Å². The Labute approximate surface area is 183 Å². The first kappa shape index (κ1) is 27.3. The minimum atomic E-state index is -3.96. The quantitative estimate of drug-likeness (QED) is 0.219. The molecule has 0 aromatic rings. The lowest BCUT2D eigenvalue weighted by Gasteiger charge is -2.44. The molecule has 32 heavy (non-hydrogen) atoms. The second kappa shape index (κ2) is 11.7. The smallest absolute Gasteiger partial charge is 0.305 e. The summed E-state index contributed by atoms with van der Waals surface area (Å²) in [4.78, 5) is 58.4. The van der Waals surface area contributed by atoms with Gasteiger partial charge in [0.05, 0.1) is 6.26 Å². The molecule has 1 saturated heterocycles. The van der Waals surface area contributed by atoms with Crippen LogP contribution in [0.15, 0.2) is 0 Å². The average molecular weight is 483 g/mol. The van der Waals surface area contributed by atoms with Gasteiger partial charge in [-0.15, -0.1) is 0 Å². The predicted octanol–water partition coefficient (Wildman–Crippen LogP) is -1.84. The summed E-state index contributed by atoms with van der Waals surface area (Å²) in [5, 5.41) is 2.28. The third-order valence-electron chi connectivity index (χ3n) is 3.72. The Hall–Kier alpha value is -2.78. The maximum absolute atomic E-state index is 12.2. The highest BCUT2D eigenvalue weighted by molar-refractivity contribution is 7.86. The molecule has 0 aromatic carbocycles. The van der Waals surface area contributed by atoms with Crippen molar-refractivity contribution in [3.8, 4) is 0 Å². The van der Waals surface area contributed by atoms with Gasteiger partial charge in [0.2, 0.25) is 12.2 Å². The fraction of sp³-hybridized carbons (Fsp3) is 0.706.